The number of hydrogen-bond donors (Lipinski definition) is 3. The molecule has 1 heterocycles. The van der Waals surface area contributed by atoms with Gasteiger partial charge in [-0.3, -0.25) is 4.79 Å². The van der Waals surface area contributed by atoms with Crippen molar-refractivity contribution in [1.82, 2.24) is 15.6 Å². The average molecular weight is 313 g/mol. The minimum Gasteiger partial charge on any atom is -0.361 e. The number of para-hydroxylation sites is 1. The maximum absolute atomic E-state index is 12.0. The molecule has 1 aromatic carbocycles. The number of aromatic amines is 1. The summed E-state index contributed by atoms with van der Waals surface area (Å²) in [4.78, 5) is 15.3. The number of carbonyl (C=O) groups is 1. The number of rotatable bonds is 6. The predicted molar refractivity (Wildman–Crippen MR) is 94.5 cm³/mol. The first-order chi connectivity index (χ1) is 11.3. The van der Waals surface area contributed by atoms with Crippen molar-refractivity contribution in [1.29, 1.82) is 0 Å². The molecule has 0 radical (unpaired) electrons. The second kappa shape index (κ2) is 8.16. The maximum Gasteiger partial charge on any atom is 0.234 e. The van der Waals surface area contributed by atoms with Gasteiger partial charge < -0.3 is 15.6 Å². The highest BCUT2D eigenvalue weighted by atomic mass is 16.1. The summed E-state index contributed by atoms with van der Waals surface area (Å²) in [6, 6.07) is 8.72. The van der Waals surface area contributed by atoms with Crippen LogP contribution in [-0.4, -0.2) is 30.0 Å². The zero-order valence-electron chi connectivity index (χ0n) is 13.7. The van der Waals surface area contributed by atoms with Crippen LogP contribution in [0.1, 0.15) is 44.1 Å². The Bertz CT molecular complexity index is 626. The van der Waals surface area contributed by atoms with E-state index in [-0.39, 0.29) is 5.91 Å². The predicted octanol–water partition coefficient (Wildman–Crippen LogP) is 3.14. The quantitative estimate of drug-likeness (QED) is 0.567. The lowest BCUT2D eigenvalue weighted by atomic mass is 10.1. The fourth-order valence-electron chi connectivity index (χ4n) is 3.47. The Kier molecular flexibility index (Phi) is 5.70. The third-order valence-corrected chi connectivity index (χ3v) is 4.75. The van der Waals surface area contributed by atoms with E-state index >= 15 is 0 Å². The zero-order chi connectivity index (χ0) is 15.9. The van der Waals surface area contributed by atoms with Gasteiger partial charge in [0.25, 0.3) is 0 Å². The smallest absolute Gasteiger partial charge is 0.234 e. The van der Waals surface area contributed by atoms with E-state index in [4.69, 9.17) is 0 Å². The molecule has 1 amide bonds. The molecule has 2 aromatic rings. The molecule has 1 aromatic heterocycles. The topological polar surface area (TPSA) is 56.9 Å². The molecule has 3 rings (SSSR count). The van der Waals surface area contributed by atoms with Crippen LogP contribution in [0.3, 0.4) is 0 Å². The summed E-state index contributed by atoms with van der Waals surface area (Å²) >= 11 is 0. The lowest BCUT2D eigenvalue weighted by Gasteiger charge is -2.16. The Morgan fingerprint density at radius 2 is 1.91 bits per heavy atom. The Balaban J connectivity index is 1.38. The molecular formula is C19H27N3O. The number of nitrogens with one attached hydrogen (secondary N) is 3. The highest BCUT2D eigenvalue weighted by Gasteiger charge is 2.14. The molecule has 23 heavy (non-hydrogen) atoms. The molecule has 0 saturated heterocycles. The molecule has 0 spiro atoms. The van der Waals surface area contributed by atoms with Gasteiger partial charge in [-0.25, -0.2) is 0 Å². The molecule has 3 N–H and O–H groups in total. The molecule has 1 aliphatic carbocycles. The van der Waals surface area contributed by atoms with Crippen LogP contribution in [0.15, 0.2) is 30.5 Å². The maximum atomic E-state index is 12.0. The van der Waals surface area contributed by atoms with E-state index in [2.05, 4.69) is 40.0 Å². The van der Waals surface area contributed by atoms with E-state index < -0.39 is 0 Å². The molecule has 0 atom stereocenters. The molecule has 0 unspecified atom stereocenters. The number of amides is 1. The lowest BCUT2D eigenvalue weighted by molar-refractivity contribution is -0.121. The van der Waals surface area contributed by atoms with Gasteiger partial charge in [0.15, 0.2) is 0 Å². The van der Waals surface area contributed by atoms with E-state index in [0.29, 0.717) is 12.6 Å². The molecule has 4 heteroatoms. The van der Waals surface area contributed by atoms with Gasteiger partial charge in [0, 0.05) is 23.1 Å². The third-order valence-electron chi connectivity index (χ3n) is 4.75. The number of H-pyrrole nitrogens is 1. The van der Waals surface area contributed by atoms with Crippen molar-refractivity contribution in [2.75, 3.05) is 13.1 Å². The number of hydrogen-bond acceptors (Lipinski definition) is 2. The highest BCUT2D eigenvalue weighted by Crippen LogP contribution is 2.18. The molecule has 0 aliphatic heterocycles. The summed E-state index contributed by atoms with van der Waals surface area (Å²) in [7, 11) is 0. The summed E-state index contributed by atoms with van der Waals surface area (Å²) in [6.45, 7) is 1.23. The van der Waals surface area contributed by atoms with E-state index in [9.17, 15) is 4.79 Å². The van der Waals surface area contributed by atoms with Crippen LogP contribution < -0.4 is 10.6 Å². The number of fused-ring (bicyclic) bond motifs is 1. The Morgan fingerprint density at radius 1 is 1.13 bits per heavy atom. The number of benzene rings is 1. The van der Waals surface area contributed by atoms with Gasteiger partial charge in [-0.05, 0) is 37.4 Å². The van der Waals surface area contributed by atoms with Crippen molar-refractivity contribution < 1.29 is 4.79 Å². The molecule has 1 aliphatic rings. The monoisotopic (exact) mass is 313 g/mol. The molecule has 1 fully saturated rings. The van der Waals surface area contributed by atoms with Crippen molar-refractivity contribution in [2.45, 2.75) is 51.0 Å². The summed E-state index contributed by atoms with van der Waals surface area (Å²) in [5.74, 6) is 0.135. The fourth-order valence-corrected chi connectivity index (χ4v) is 3.47. The zero-order valence-corrected chi connectivity index (χ0v) is 13.7. The summed E-state index contributed by atoms with van der Waals surface area (Å²) in [5, 5.41) is 7.72. The van der Waals surface area contributed by atoms with Gasteiger partial charge in [0.05, 0.1) is 6.54 Å². The van der Waals surface area contributed by atoms with Crippen molar-refractivity contribution in [3.8, 4) is 0 Å². The largest absolute Gasteiger partial charge is 0.361 e. The van der Waals surface area contributed by atoms with Crippen LogP contribution in [0.2, 0.25) is 0 Å². The lowest BCUT2D eigenvalue weighted by Crippen LogP contribution is -2.40. The van der Waals surface area contributed by atoms with Crippen LogP contribution in [0.5, 0.6) is 0 Å². The fraction of sp³-hybridized carbons (Fsp3) is 0.526. The highest BCUT2D eigenvalue weighted by molar-refractivity contribution is 5.83. The normalized spacial score (nSPS) is 16.3. The summed E-state index contributed by atoms with van der Waals surface area (Å²) in [6.07, 6.45) is 10.4. The van der Waals surface area contributed by atoms with Gasteiger partial charge in [-0.15, -0.1) is 0 Å². The van der Waals surface area contributed by atoms with Crippen molar-refractivity contribution in [2.24, 2.45) is 0 Å². The first-order valence-electron chi connectivity index (χ1n) is 8.88. The molecule has 1 saturated carbocycles. The van der Waals surface area contributed by atoms with Crippen molar-refractivity contribution in [3.63, 3.8) is 0 Å². The summed E-state index contributed by atoms with van der Waals surface area (Å²) < 4.78 is 0. The molecule has 4 nitrogen and oxygen atoms in total. The van der Waals surface area contributed by atoms with E-state index in [1.54, 1.807) is 0 Å². The Morgan fingerprint density at radius 3 is 2.74 bits per heavy atom. The van der Waals surface area contributed by atoms with Crippen molar-refractivity contribution in [3.05, 3.63) is 36.0 Å². The first-order valence-corrected chi connectivity index (χ1v) is 8.88. The van der Waals surface area contributed by atoms with Gasteiger partial charge in [-0.1, -0.05) is 43.9 Å². The van der Waals surface area contributed by atoms with Crippen LogP contribution in [-0.2, 0) is 11.2 Å². The van der Waals surface area contributed by atoms with Gasteiger partial charge in [-0.2, -0.15) is 0 Å². The minimum atomic E-state index is 0.135. The van der Waals surface area contributed by atoms with Gasteiger partial charge >= 0.3 is 0 Å². The second-order valence-electron chi connectivity index (χ2n) is 6.54. The van der Waals surface area contributed by atoms with Crippen LogP contribution in [0.25, 0.3) is 10.9 Å². The van der Waals surface area contributed by atoms with Gasteiger partial charge in [0.1, 0.15) is 0 Å². The first kappa shape index (κ1) is 16.1. The van der Waals surface area contributed by atoms with Crippen molar-refractivity contribution >= 4 is 16.8 Å². The van der Waals surface area contributed by atoms with Crippen LogP contribution in [0.4, 0.5) is 0 Å². The number of carbonyl (C=O) groups excluding carboxylic acids is 1. The third kappa shape index (κ3) is 4.58. The summed E-state index contributed by atoms with van der Waals surface area (Å²) in [5.41, 5.74) is 2.48. The van der Waals surface area contributed by atoms with E-state index in [1.165, 1.54) is 42.1 Å². The van der Waals surface area contributed by atoms with Crippen LogP contribution in [0, 0.1) is 0 Å². The minimum absolute atomic E-state index is 0.135. The average Bonchev–Trinajstić information content (AvgIpc) is 2.80. The Hall–Kier alpha value is -1.81. The standard InChI is InChI=1S/C19H27N3O/c23-19(22-16-7-3-1-2-4-8-16)14-20-12-11-15-13-21-18-10-6-5-9-17(15)18/h5-6,9-10,13,16,20-21H,1-4,7-8,11-12,14H2,(H,22,23). The van der Waals surface area contributed by atoms with Crippen LogP contribution >= 0.6 is 0 Å². The van der Waals surface area contributed by atoms with Gasteiger partial charge in [0.2, 0.25) is 5.91 Å². The molecule has 124 valence electrons. The SMILES string of the molecule is O=C(CNCCc1c[nH]c2ccccc12)NC1CCCCCC1. The Labute approximate surface area is 138 Å². The second-order valence-corrected chi connectivity index (χ2v) is 6.54. The molecular weight excluding hydrogens is 286 g/mol. The van der Waals surface area contributed by atoms with E-state index in [1.807, 2.05) is 6.07 Å². The molecule has 0 bridgehead atoms. The number of aromatic nitrogens is 1. The van der Waals surface area contributed by atoms with E-state index in [0.717, 1.165) is 25.8 Å².